The predicted molar refractivity (Wildman–Crippen MR) is 503 cm³/mol. The highest BCUT2D eigenvalue weighted by Crippen LogP contribution is 2.65. The summed E-state index contributed by atoms with van der Waals surface area (Å²) in [5, 5.41) is 2.26. The zero-order valence-corrected chi connectivity index (χ0v) is 68.5. The second-order valence-electron chi connectivity index (χ2n) is 36.5. The summed E-state index contributed by atoms with van der Waals surface area (Å²) < 4.78 is 8.19. The molecular formula is C113H87B2N3O. The lowest BCUT2D eigenvalue weighted by molar-refractivity contribution is 0.488. The fourth-order valence-corrected chi connectivity index (χ4v) is 21.2. The molecular weight excluding hydrogens is 1440 g/mol. The molecule has 4 aliphatic heterocycles. The van der Waals surface area contributed by atoms with E-state index in [1.54, 1.807) is 0 Å². The standard InChI is InChI=1S/C113H87B2N3O/c1-110(2,3)76-62-86(70-36-15-10-16-37-70)107(87(63-76)71-38-17-11-18-39-71)117-98-57-34-32-55-94(98)114-95-68-96-102(69-99(95)118(101-67-78(112(7,8)9)66-100(117)105(101)114)108-88(72-40-19-12-20-41-72)64-77(111(4,5)6)65-89(108)73-42-21-13-22-43-73)119-103-61-75-60-74(58-59-81(75)109-106(103)115(96)93-54-31-33-56-97(93)116(109)79-44-23-14-24-45-79)80-49-35-50-85-84-48-27-30-53-92(84)113(104(80)85)90-51-28-25-46-82(90)83-47-26-29-52-91(83)113/h10-69H,1-9H3. The highest BCUT2D eigenvalue weighted by molar-refractivity contribution is 7.02. The van der Waals surface area contributed by atoms with Gasteiger partial charge in [0.15, 0.2) is 0 Å². The van der Waals surface area contributed by atoms with Gasteiger partial charge in [0.05, 0.1) is 22.5 Å². The summed E-state index contributed by atoms with van der Waals surface area (Å²) >= 11 is 0. The van der Waals surface area contributed by atoms with E-state index in [1.165, 1.54) is 99.7 Å². The summed E-state index contributed by atoms with van der Waals surface area (Å²) in [5.41, 5.74) is 41.9. The molecule has 0 saturated heterocycles. The van der Waals surface area contributed by atoms with Gasteiger partial charge in [0.2, 0.25) is 0 Å². The summed E-state index contributed by atoms with van der Waals surface area (Å²) in [5.74, 6) is 1.69. The number of rotatable bonds is 8. The van der Waals surface area contributed by atoms with Gasteiger partial charge in [-0.2, -0.15) is 0 Å². The molecule has 17 aromatic rings. The van der Waals surface area contributed by atoms with Crippen molar-refractivity contribution in [3.05, 3.63) is 403 Å². The molecule has 0 fully saturated rings. The lowest BCUT2D eigenvalue weighted by atomic mass is 9.30. The fourth-order valence-electron chi connectivity index (χ4n) is 21.2. The van der Waals surface area contributed by atoms with Gasteiger partial charge >= 0.3 is 0 Å². The second kappa shape index (κ2) is 26.2. The maximum Gasteiger partial charge on any atom is 0.256 e. The van der Waals surface area contributed by atoms with Gasteiger partial charge in [-0.25, -0.2) is 0 Å². The average molecular weight is 1520 g/mol. The van der Waals surface area contributed by atoms with Gasteiger partial charge in [-0.3, -0.25) is 0 Å². The van der Waals surface area contributed by atoms with Crippen molar-refractivity contribution in [3.8, 4) is 89.4 Å². The van der Waals surface area contributed by atoms with Crippen LogP contribution in [0.3, 0.4) is 0 Å². The van der Waals surface area contributed by atoms with Crippen molar-refractivity contribution < 1.29 is 4.74 Å². The molecule has 17 aromatic carbocycles. The molecule has 0 amide bonds. The molecule has 0 aromatic heterocycles. The van der Waals surface area contributed by atoms with E-state index in [2.05, 4.69) is 441 Å². The van der Waals surface area contributed by atoms with Gasteiger partial charge in [-0.1, -0.05) is 347 Å². The van der Waals surface area contributed by atoms with Crippen LogP contribution in [0, 0.1) is 0 Å². The molecule has 0 unspecified atom stereocenters. The summed E-state index contributed by atoms with van der Waals surface area (Å²) in [6.45, 7) is 20.8. The molecule has 0 atom stereocenters. The zero-order chi connectivity index (χ0) is 80.1. The van der Waals surface area contributed by atoms with E-state index in [9.17, 15) is 0 Å². The largest absolute Gasteiger partial charge is 0.458 e. The summed E-state index contributed by atoms with van der Waals surface area (Å²) in [4.78, 5) is 7.96. The number of nitrogens with zero attached hydrogens (tertiary/aromatic N) is 3. The monoisotopic (exact) mass is 1520 g/mol. The quantitative estimate of drug-likeness (QED) is 0.141. The Kier molecular flexibility index (Phi) is 15.5. The van der Waals surface area contributed by atoms with Gasteiger partial charge in [0.25, 0.3) is 13.4 Å². The van der Waals surface area contributed by atoms with Crippen molar-refractivity contribution in [2.75, 3.05) is 14.7 Å². The van der Waals surface area contributed by atoms with Gasteiger partial charge in [0, 0.05) is 67.8 Å². The lowest BCUT2D eigenvalue weighted by Gasteiger charge is -2.47. The van der Waals surface area contributed by atoms with Crippen molar-refractivity contribution in [2.45, 2.75) is 84.0 Å². The molecule has 0 bridgehead atoms. The molecule has 1 spiro atoms. The number of hydrogen-bond acceptors (Lipinski definition) is 4. The topological polar surface area (TPSA) is 19.0 Å². The van der Waals surface area contributed by atoms with Crippen LogP contribution in [0.25, 0.3) is 88.7 Å². The Hall–Kier alpha value is -13.7. The summed E-state index contributed by atoms with van der Waals surface area (Å²) in [6.07, 6.45) is 0. The van der Waals surface area contributed by atoms with Gasteiger partial charge in [0.1, 0.15) is 11.5 Å². The number of ether oxygens (including phenoxy) is 1. The Morgan fingerprint density at radius 1 is 0.252 bits per heavy atom. The van der Waals surface area contributed by atoms with E-state index >= 15 is 0 Å². The summed E-state index contributed by atoms with van der Waals surface area (Å²) in [6, 6.07) is 139. The first-order chi connectivity index (χ1) is 58.0. The maximum atomic E-state index is 8.19. The summed E-state index contributed by atoms with van der Waals surface area (Å²) in [7, 11) is 0. The Bertz CT molecular complexity index is 6910. The molecule has 0 saturated carbocycles. The smallest absolute Gasteiger partial charge is 0.256 e. The van der Waals surface area contributed by atoms with E-state index in [-0.39, 0.29) is 29.7 Å². The first-order valence-corrected chi connectivity index (χ1v) is 42.3. The number of hydrogen-bond donors (Lipinski definition) is 0. The van der Waals surface area contributed by atoms with E-state index in [1.807, 2.05) is 0 Å². The van der Waals surface area contributed by atoms with Crippen molar-refractivity contribution in [2.24, 2.45) is 0 Å². The van der Waals surface area contributed by atoms with Crippen LogP contribution in [-0.4, -0.2) is 13.4 Å². The highest BCUT2D eigenvalue weighted by atomic mass is 16.5. The highest BCUT2D eigenvalue weighted by Gasteiger charge is 2.54. The molecule has 0 N–H and O–H groups in total. The average Bonchev–Trinajstić information content (AvgIpc) is 1.62. The first kappa shape index (κ1) is 70.7. The van der Waals surface area contributed by atoms with E-state index < -0.39 is 5.41 Å². The first-order valence-electron chi connectivity index (χ1n) is 42.3. The molecule has 23 rings (SSSR count). The maximum absolute atomic E-state index is 8.19. The van der Waals surface area contributed by atoms with Gasteiger partial charge in [-0.15, -0.1) is 0 Å². The van der Waals surface area contributed by atoms with E-state index in [0.29, 0.717) is 0 Å². The fraction of sp³-hybridized carbons (Fsp3) is 0.115. The van der Waals surface area contributed by atoms with Crippen LogP contribution in [0.4, 0.5) is 51.2 Å². The van der Waals surface area contributed by atoms with Crippen LogP contribution in [0.5, 0.6) is 11.5 Å². The van der Waals surface area contributed by atoms with Crippen LogP contribution in [-0.2, 0) is 21.7 Å². The normalized spacial score (nSPS) is 14.0. The molecule has 0 radical (unpaired) electrons. The molecule has 566 valence electrons. The number of para-hydroxylation sites is 3. The van der Waals surface area contributed by atoms with Crippen molar-refractivity contribution in [1.82, 2.24) is 0 Å². The Morgan fingerprint density at radius 3 is 1.13 bits per heavy atom. The Labute approximate surface area is 699 Å². The molecule has 2 aliphatic carbocycles. The second-order valence-corrected chi connectivity index (χ2v) is 36.5. The third kappa shape index (κ3) is 10.5. The van der Waals surface area contributed by atoms with Crippen LogP contribution < -0.4 is 52.2 Å². The van der Waals surface area contributed by atoms with Crippen LogP contribution in [0.2, 0.25) is 0 Å². The molecule has 4 nitrogen and oxygen atoms in total. The van der Waals surface area contributed by atoms with Gasteiger partial charge < -0.3 is 19.4 Å². The molecule has 6 heteroatoms. The third-order valence-electron chi connectivity index (χ3n) is 26.7. The SMILES string of the molecule is CC(C)(C)c1cc(-c2ccccc2)c(N2c3ccccc3B3c4cc5c(cc4N(c4c(-c6ccccc6)cc(C(C)(C)C)cc4-c4ccccc4)c4cc(C(C)(C)C)cc2c43)Oc2cc3cc(-c4cccc6c4C4(c7ccccc7-c7ccccc74)c4ccccc4-6)ccc3c3c2B5c2ccccc2N3c2ccccc2)c(-c2ccccc2)c1. The minimum Gasteiger partial charge on any atom is -0.458 e. The van der Waals surface area contributed by atoms with E-state index in [4.69, 9.17) is 4.74 Å². The predicted octanol–water partition coefficient (Wildman–Crippen LogP) is 25.9. The third-order valence-corrected chi connectivity index (χ3v) is 26.7. The zero-order valence-electron chi connectivity index (χ0n) is 68.5. The van der Waals surface area contributed by atoms with E-state index in [0.717, 1.165) is 123 Å². The van der Waals surface area contributed by atoms with Crippen molar-refractivity contribution in [3.63, 3.8) is 0 Å². The van der Waals surface area contributed by atoms with Crippen LogP contribution >= 0.6 is 0 Å². The molecule has 119 heavy (non-hydrogen) atoms. The minimum atomic E-state index is -0.544. The minimum absolute atomic E-state index is 0.181. The lowest BCUT2D eigenvalue weighted by Crippen LogP contribution is -2.64. The van der Waals surface area contributed by atoms with Gasteiger partial charge in [-0.05, 0) is 222 Å². The molecule has 4 heterocycles. The van der Waals surface area contributed by atoms with Crippen molar-refractivity contribution >= 4 is 108 Å². The number of benzene rings is 17. The number of anilines is 9. The molecule has 6 aliphatic rings. The Balaban J connectivity index is 0.825. The van der Waals surface area contributed by atoms with Crippen LogP contribution in [0.15, 0.2) is 364 Å². The van der Waals surface area contributed by atoms with Crippen molar-refractivity contribution in [1.29, 1.82) is 0 Å². The Morgan fingerprint density at radius 2 is 0.647 bits per heavy atom. The van der Waals surface area contributed by atoms with Crippen LogP contribution in [0.1, 0.15) is 101 Å². The number of fused-ring (bicyclic) bond motifs is 20.